The Kier molecular flexibility index (Phi) is 2.20. The van der Waals surface area contributed by atoms with Crippen LogP contribution >= 0.6 is 15.9 Å². The summed E-state index contributed by atoms with van der Waals surface area (Å²) in [5.74, 6) is 0. The molecular weight excluding hydrogens is 228 g/mol. The third kappa shape index (κ3) is 1.42. The highest BCUT2D eigenvalue weighted by molar-refractivity contribution is 9.10. The molecule has 1 aliphatic rings. The van der Waals surface area contributed by atoms with Gasteiger partial charge >= 0.3 is 0 Å². The Labute approximate surface area is 86.9 Å². The largest absolute Gasteiger partial charge is 0.385 e. The maximum atomic E-state index is 10.3. The molecule has 2 rings (SSSR count). The first-order chi connectivity index (χ1) is 6.15. The SMILES string of the molecule is CCC1(O)CCc2ccc(Br)cc21. The molecule has 1 nitrogen and oxygen atoms in total. The third-order valence-electron chi connectivity index (χ3n) is 2.97. The molecule has 0 bridgehead atoms. The molecule has 0 aromatic heterocycles. The van der Waals surface area contributed by atoms with Crippen LogP contribution in [0.2, 0.25) is 0 Å². The van der Waals surface area contributed by atoms with E-state index in [0.717, 1.165) is 29.3 Å². The average molecular weight is 241 g/mol. The highest BCUT2D eigenvalue weighted by Gasteiger charge is 2.34. The Morgan fingerprint density at radius 2 is 2.31 bits per heavy atom. The summed E-state index contributed by atoms with van der Waals surface area (Å²) in [5.41, 5.74) is 1.84. The minimum absolute atomic E-state index is 0.570. The predicted octanol–water partition coefficient (Wildman–Crippen LogP) is 2.99. The summed E-state index contributed by atoms with van der Waals surface area (Å²) >= 11 is 3.43. The van der Waals surface area contributed by atoms with Gasteiger partial charge in [0, 0.05) is 4.47 Å². The number of rotatable bonds is 1. The summed E-state index contributed by atoms with van der Waals surface area (Å²) in [5, 5.41) is 10.3. The van der Waals surface area contributed by atoms with E-state index in [0.29, 0.717) is 0 Å². The van der Waals surface area contributed by atoms with Crippen LogP contribution in [0.5, 0.6) is 0 Å². The standard InChI is InChI=1S/C11H13BrO/c1-2-11(13)6-5-8-3-4-9(12)7-10(8)11/h3-4,7,13H,2,5-6H2,1H3. The molecule has 0 fully saturated rings. The molecule has 0 radical (unpaired) electrons. The molecule has 70 valence electrons. The van der Waals surface area contributed by atoms with Gasteiger partial charge in [-0.15, -0.1) is 0 Å². The van der Waals surface area contributed by atoms with Gasteiger partial charge < -0.3 is 5.11 Å². The topological polar surface area (TPSA) is 20.2 Å². The van der Waals surface area contributed by atoms with Crippen LogP contribution in [-0.4, -0.2) is 5.11 Å². The van der Waals surface area contributed by atoms with Crippen molar-refractivity contribution in [2.75, 3.05) is 0 Å². The van der Waals surface area contributed by atoms with E-state index < -0.39 is 5.60 Å². The fourth-order valence-corrected chi connectivity index (χ4v) is 2.40. The zero-order chi connectivity index (χ0) is 9.47. The Bertz CT molecular complexity index is 335. The molecule has 0 aliphatic heterocycles. The number of hydrogen-bond acceptors (Lipinski definition) is 1. The van der Waals surface area contributed by atoms with Gasteiger partial charge in [-0.25, -0.2) is 0 Å². The van der Waals surface area contributed by atoms with Crippen molar-refractivity contribution in [3.05, 3.63) is 33.8 Å². The summed E-state index contributed by atoms with van der Waals surface area (Å²) in [6.07, 6.45) is 2.68. The Morgan fingerprint density at radius 1 is 1.54 bits per heavy atom. The van der Waals surface area contributed by atoms with E-state index in [4.69, 9.17) is 0 Å². The van der Waals surface area contributed by atoms with Gasteiger partial charge in [-0.2, -0.15) is 0 Å². The third-order valence-corrected chi connectivity index (χ3v) is 3.46. The lowest BCUT2D eigenvalue weighted by atomic mass is 9.93. The molecule has 1 aromatic rings. The van der Waals surface area contributed by atoms with Gasteiger partial charge in [0.1, 0.15) is 0 Å². The Hall–Kier alpha value is -0.340. The van der Waals surface area contributed by atoms with E-state index in [1.807, 2.05) is 19.1 Å². The molecule has 0 spiro atoms. The van der Waals surface area contributed by atoms with Crippen molar-refractivity contribution in [3.8, 4) is 0 Å². The zero-order valence-corrected chi connectivity index (χ0v) is 9.26. The average Bonchev–Trinajstić information content (AvgIpc) is 2.45. The minimum Gasteiger partial charge on any atom is -0.385 e. The quantitative estimate of drug-likeness (QED) is 0.801. The number of hydrogen-bond donors (Lipinski definition) is 1. The summed E-state index contributed by atoms with van der Waals surface area (Å²) < 4.78 is 1.06. The van der Waals surface area contributed by atoms with E-state index in [1.54, 1.807) is 0 Å². The molecule has 1 atom stereocenters. The molecule has 0 heterocycles. The molecule has 1 unspecified atom stereocenters. The van der Waals surface area contributed by atoms with Crippen molar-refractivity contribution in [1.29, 1.82) is 0 Å². The molecule has 2 heteroatoms. The lowest BCUT2D eigenvalue weighted by Gasteiger charge is -2.21. The summed E-state index contributed by atoms with van der Waals surface area (Å²) in [6, 6.07) is 6.19. The first-order valence-corrected chi connectivity index (χ1v) is 5.46. The predicted molar refractivity (Wildman–Crippen MR) is 56.7 cm³/mol. The van der Waals surface area contributed by atoms with Crippen molar-refractivity contribution in [1.82, 2.24) is 0 Å². The molecule has 1 aromatic carbocycles. The van der Waals surface area contributed by atoms with Crippen LogP contribution < -0.4 is 0 Å². The molecule has 1 N–H and O–H groups in total. The number of benzene rings is 1. The van der Waals surface area contributed by atoms with Crippen molar-refractivity contribution in [3.63, 3.8) is 0 Å². The van der Waals surface area contributed by atoms with Gasteiger partial charge in [0.25, 0.3) is 0 Å². The summed E-state index contributed by atoms with van der Waals surface area (Å²) in [6.45, 7) is 2.04. The van der Waals surface area contributed by atoms with E-state index in [1.165, 1.54) is 5.56 Å². The number of aliphatic hydroxyl groups is 1. The van der Waals surface area contributed by atoms with Crippen molar-refractivity contribution >= 4 is 15.9 Å². The first kappa shape index (κ1) is 9.22. The maximum absolute atomic E-state index is 10.3. The van der Waals surface area contributed by atoms with E-state index >= 15 is 0 Å². The molecule has 0 saturated heterocycles. The Morgan fingerprint density at radius 3 is 3.00 bits per heavy atom. The second-order valence-corrected chi connectivity index (χ2v) is 4.60. The molecule has 13 heavy (non-hydrogen) atoms. The summed E-state index contributed by atoms with van der Waals surface area (Å²) in [4.78, 5) is 0. The fourth-order valence-electron chi connectivity index (χ4n) is 2.04. The van der Waals surface area contributed by atoms with Crippen molar-refractivity contribution in [2.45, 2.75) is 31.8 Å². The molecule has 0 saturated carbocycles. The van der Waals surface area contributed by atoms with Crippen LogP contribution in [0.4, 0.5) is 0 Å². The lowest BCUT2D eigenvalue weighted by Crippen LogP contribution is -2.20. The van der Waals surface area contributed by atoms with Gasteiger partial charge in [-0.1, -0.05) is 28.9 Å². The van der Waals surface area contributed by atoms with Crippen LogP contribution in [-0.2, 0) is 12.0 Å². The number of halogens is 1. The second-order valence-electron chi connectivity index (χ2n) is 3.69. The first-order valence-electron chi connectivity index (χ1n) is 4.67. The maximum Gasteiger partial charge on any atom is 0.0900 e. The molecule has 1 aliphatic carbocycles. The van der Waals surface area contributed by atoms with E-state index in [2.05, 4.69) is 22.0 Å². The van der Waals surface area contributed by atoms with Gasteiger partial charge in [-0.3, -0.25) is 0 Å². The van der Waals surface area contributed by atoms with Gasteiger partial charge in [0.05, 0.1) is 5.60 Å². The van der Waals surface area contributed by atoms with Gasteiger partial charge in [-0.05, 0) is 42.5 Å². The smallest absolute Gasteiger partial charge is 0.0900 e. The Balaban J connectivity index is 2.52. The van der Waals surface area contributed by atoms with Gasteiger partial charge in [0.15, 0.2) is 0 Å². The normalized spacial score (nSPS) is 26.1. The van der Waals surface area contributed by atoms with Crippen molar-refractivity contribution < 1.29 is 5.11 Å². The van der Waals surface area contributed by atoms with Gasteiger partial charge in [0.2, 0.25) is 0 Å². The van der Waals surface area contributed by atoms with Crippen LogP contribution in [0.3, 0.4) is 0 Å². The second kappa shape index (κ2) is 3.10. The lowest BCUT2D eigenvalue weighted by molar-refractivity contribution is 0.0345. The zero-order valence-electron chi connectivity index (χ0n) is 7.68. The van der Waals surface area contributed by atoms with Crippen LogP contribution in [0.15, 0.2) is 22.7 Å². The van der Waals surface area contributed by atoms with Crippen LogP contribution in [0.25, 0.3) is 0 Å². The van der Waals surface area contributed by atoms with E-state index in [9.17, 15) is 5.11 Å². The van der Waals surface area contributed by atoms with E-state index in [-0.39, 0.29) is 0 Å². The number of fused-ring (bicyclic) bond motifs is 1. The highest BCUT2D eigenvalue weighted by Crippen LogP contribution is 2.40. The van der Waals surface area contributed by atoms with Crippen LogP contribution in [0.1, 0.15) is 30.9 Å². The van der Waals surface area contributed by atoms with Crippen LogP contribution in [0, 0.1) is 0 Å². The monoisotopic (exact) mass is 240 g/mol. The van der Waals surface area contributed by atoms with Crippen molar-refractivity contribution in [2.24, 2.45) is 0 Å². The fraction of sp³-hybridized carbons (Fsp3) is 0.455. The minimum atomic E-state index is -0.570. The summed E-state index contributed by atoms with van der Waals surface area (Å²) in [7, 11) is 0. The highest BCUT2D eigenvalue weighted by atomic mass is 79.9. The molecular formula is C11H13BrO. The number of aryl methyl sites for hydroxylation is 1. The molecule has 0 amide bonds.